The first-order valence-electron chi connectivity index (χ1n) is 15.1. The molecule has 5 rings (SSSR count). The van der Waals surface area contributed by atoms with Gasteiger partial charge in [0.15, 0.2) is 46.3 Å². The first-order valence-corrected chi connectivity index (χ1v) is 15.1. The van der Waals surface area contributed by atoms with E-state index in [9.17, 15) is 9.59 Å². The molecule has 5 aromatic rings. The summed E-state index contributed by atoms with van der Waals surface area (Å²) in [5.74, 6) is -0.0864. The van der Waals surface area contributed by atoms with Crippen LogP contribution in [0.15, 0.2) is 45.2 Å². The fourth-order valence-electron chi connectivity index (χ4n) is 4.74. The normalized spacial score (nSPS) is 11.8. The van der Waals surface area contributed by atoms with Gasteiger partial charge in [-0.25, -0.2) is 19.3 Å². The largest absolute Gasteiger partial charge is 0.382 e. The fraction of sp³-hybridized carbons (Fsp3) is 0.357. The molecule has 0 spiro atoms. The quantitative estimate of drug-likeness (QED) is 0.127. The maximum atomic E-state index is 11.9. The minimum atomic E-state index is -0.687. The standard InChI is InChI=1S/C28H36N18O2/c1-5-7-9-17-21(37-39-27-15(25(31)47)12-35-43(27)3)23(29)45(41-17)19-11-20(34-14-33-19)46-24(30)22(18(42-46)10-8-6-2)38-40-28-16(26(32)48)13-36-44(28)4/h11-14H,5-10,29-30H2,1-4H3,(H2,31,47)(H2,32,48). The monoisotopic (exact) mass is 656 g/mol. The average molecular weight is 657 g/mol. The molecule has 20 nitrogen and oxygen atoms in total. The topological polar surface area (TPSA) is 285 Å². The number of hydrogen-bond donors (Lipinski definition) is 4. The van der Waals surface area contributed by atoms with Crippen LogP contribution in [0.1, 0.15) is 71.6 Å². The van der Waals surface area contributed by atoms with Crippen molar-refractivity contribution in [2.45, 2.75) is 52.4 Å². The molecular formula is C28H36N18O2. The number of rotatable bonds is 14. The second-order valence-electron chi connectivity index (χ2n) is 10.8. The van der Waals surface area contributed by atoms with Gasteiger partial charge in [-0.15, -0.1) is 20.5 Å². The first-order chi connectivity index (χ1) is 23.0. The van der Waals surface area contributed by atoms with Crippen LogP contribution in [-0.4, -0.2) is 60.9 Å². The van der Waals surface area contributed by atoms with Gasteiger partial charge in [0.1, 0.15) is 17.5 Å². The summed E-state index contributed by atoms with van der Waals surface area (Å²) in [6, 6.07) is 1.61. The van der Waals surface area contributed by atoms with Crippen molar-refractivity contribution in [2.24, 2.45) is 46.0 Å². The Kier molecular flexibility index (Phi) is 9.62. The summed E-state index contributed by atoms with van der Waals surface area (Å²) < 4.78 is 5.62. The van der Waals surface area contributed by atoms with Crippen LogP contribution in [0.3, 0.4) is 0 Å². The van der Waals surface area contributed by atoms with Crippen LogP contribution in [0.4, 0.5) is 34.6 Å². The van der Waals surface area contributed by atoms with E-state index >= 15 is 0 Å². The van der Waals surface area contributed by atoms with Crippen LogP contribution in [-0.2, 0) is 26.9 Å². The van der Waals surface area contributed by atoms with Crippen LogP contribution in [0.5, 0.6) is 0 Å². The Balaban J connectivity index is 1.55. The number of carbonyl (C=O) groups excluding carboxylic acids is 2. The van der Waals surface area contributed by atoms with Gasteiger partial charge in [0.25, 0.3) is 11.8 Å². The lowest BCUT2D eigenvalue weighted by molar-refractivity contribution is 0.0992. The number of primary amides is 2. The first kappa shape index (κ1) is 33.0. The number of carbonyl (C=O) groups is 2. The SMILES string of the molecule is CCCCc1nn(-c2cc(-n3nc(CCCC)c(N=Nc4c(C(N)=O)cnn4C)c3N)ncn2)c(N)c1N=Nc1c(C(N)=O)cnn1C. The summed E-state index contributed by atoms with van der Waals surface area (Å²) in [5.41, 5.74) is 26.1. The Bertz CT molecular complexity index is 1890. The van der Waals surface area contributed by atoms with Gasteiger partial charge in [-0.3, -0.25) is 9.59 Å². The molecule has 250 valence electrons. The van der Waals surface area contributed by atoms with E-state index in [1.807, 2.05) is 0 Å². The number of hydrogen-bond acceptors (Lipinski definition) is 14. The summed E-state index contributed by atoms with van der Waals surface area (Å²) >= 11 is 0. The van der Waals surface area contributed by atoms with E-state index in [2.05, 4.69) is 54.5 Å². The molecule has 0 aliphatic rings. The summed E-state index contributed by atoms with van der Waals surface area (Å²) in [6.07, 6.45) is 8.52. The highest BCUT2D eigenvalue weighted by molar-refractivity contribution is 5.97. The summed E-state index contributed by atoms with van der Waals surface area (Å²) in [4.78, 5) is 32.5. The predicted octanol–water partition coefficient (Wildman–Crippen LogP) is 3.19. The van der Waals surface area contributed by atoms with Crippen LogP contribution in [0, 0.1) is 0 Å². The number of nitrogens with zero attached hydrogens (tertiary/aromatic N) is 14. The van der Waals surface area contributed by atoms with E-state index in [0.29, 0.717) is 47.2 Å². The molecule has 0 aliphatic heterocycles. The number of unbranched alkanes of at least 4 members (excludes halogenated alkanes) is 2. The molecule has 0 radical (unpaired) electrons. The van der Waals surface area contributed by atoms with Crippen molar-refractivity contribution in [3.8, 4) is 11.6 Å². The zero-order valence-corrected chi connectivity index (χ0v) is 26.9. The molecule has 0 aromatic carbocycles. The molecule has 48 heavy (non-hydrogen) atoms. The van der Waals surface area contributed by atoms with Crippen molar-refractivity contribution in [1.29, 1.82) is 0 Å². The molecule has 5 heterocycles. The second-order valence-corrected chi connectivity index (χ2v) is 10.8. The van der Waals surface area contributed by atoms with Crippen LogP contribution in [0.2, 0.25) is 0 Å². The zero-order valence-electron chi connectivity index (χ0n) is 26.9. The Hall–Kier alpha value is -6.34. The summed E-state index contributed by atoms with van der Waals surface area (Å²) in [7, 11) is 3.24. The minimum Gasteiger partial charge on any atom is -0.382 e. The zero-order chi connectivity index (χ0) is 34.5. The molecule has 2 amide bonds. The average Bonchev–Trinajstić information content (AvgIpc) is 3.80. The molecule has 0 saturated heterocycles. The van der Waals surface area contributed by atoms with Gasteiger partial charge < -0.3 is 22.9 Å². The molecule has 0 fully saturated rings. The highest BCUT2D eigenvalue weighted by Crippen LogP contribution is 2.34. The number of nitrogens with two attached hydrogens (primary N) is 4. The third kappa shape index (κ3) is 6.48. The smallest absolute Gasteiger partial charge is 0.254 e. The minimum absolute atomic E-state index is 0.116. The van der Waals surface area contributed by atoms with E-state index in [0.717, 1.165) is 25.7 Å². The number of amides is 2. The van der Waals surface area contributed by atoms with Gasteiger partial charge in [-0.2, -0.15) is 29.8 Å². The lowest BCUT2D eigenvalue weighted by atomic mass is 10.2. The maximum Gasteiger partial charge on any atom is 0.254 e. The molecule has 0 atom stereocenters. The number of nitrogen functional groups attached to an aromatic ring is 2. The van der Waals surface area contributed by atoms with Crippen molar-refractivity contribution < 1.29 is 9.59 Å². The van der Waals surface area contributed by atoms with E-state index in [1.165, 1.54) is 37.4 Å². The molecule has 20 heteroatoms. The highest BCUT2D eigenvalue weighted by atomic mass is 16.1. The predicted molar refractivity (Wildman–Crippen MR) is 174 cm³/mol. The third-order valence-electron chi connectivity index (χ3n) is 7.37. The number of aromatic nitrogens is 10. The van der Waals surface area contributed by atoms with Gasteiger partial charge in [-0.1, -0.05) is 26.7 Å². The van der Waals surface area contributed by atoms with E-state index in [1.54, 1.807) is 20.2 Å². The highest BCUT2D eigenvalue weighted by Gasteiger charge is 2.22. The lowest BCUT2D eigenvalue weighted by Crippen LogP contribution is -2.10. The molecule has 8 N–H and O–H groups in total. The number of aryl methyl sites for hydroxylation is 4. The summed E-state index contributed by atoms with van der Waals surface area (Å²) in [6.45, 7) is 4.11. The van der Waals surface area contributed by atoms with E-state index in [4.69, 9.17) is 33.1 Å². The molecule has 0 aliphatic carbocycles. The molecule has 5 aromatic heterocycles. The molecule has 0 bridgehead atoms. The Morgan fingerprint density at radius 2 is 1.12 bits per heavy atom. The fourth-order valence-corrected chi connectivity index (χ4v) is 4.74. The van der Waals surface area contributed by atoms with Crippen molar-refractivity contribution in [3.05, 3.63) is 47.3 Å². The number of azo groups is 2. The van der Waals surface area contributed by atoms with Gasteiger partial charge in [0.05, 0.1) is 23.8 Å². The lowest BCUT2D eigenvalue weighted by Gasteiger charge is -2.06. The van der Waals surface area contributed by atoms with Crippen molar-refractivity contribution >= 4 is 46.5 Å². The van der Waals surface area contributed by atoms with Crippen molar-refractivity contribution in [3.63, 3.8) is 0 Å². The van der Waals surface area contributed by atoms with E-state index < -0.39 is 11.8 Å². The van der Waals surface area contributed by atoms with Crippen LogP contribution in [0.25, 0.3) is 11.6 Å². The molecular weight excluding hydrogens is 620 g/mol. The second kappa shape index (κ2) is 14.0. The Labute approximate surface area is 273 Å². The molecule has 0 saturated carbocycles. The van der Waals surface area contributed by atoms with E-state index in [-0.39, 0.29) is 34.4 Å². The molecule has 0 unspecified atom stereocenters. The maximum absolute atomic E-state index is 11.9. The van der Waals surface area contributed by atoms with Crippen LogP contribution >= 0.6 is 0 Å². The van der Waals surface area contributed by atoms with Gasteiger partial charge >= 0.3 is 0 Å². The van der Waals surface area contributed by atoms with Gasteiger partial charge in [0, 0.05) is 20.2 Å². The Morgan fingerprint density at radius 1 is 0.708 bits per heavy atom. The van der Waals surface area contributed by atoms with Crippen molar-refractivity contribution in [1.82, 2.24) is 49.1 Å². The third-order valence-corrected chi connectivity index (χ3v) is 7.37. The van der Waals surface area contributed by atoms with Gasteiger partial charge in [0.2, 0.25) is 0 Å². The van der Waals surface area contributed by atoms with Crippen molar-refractivity contribution in [2.75, 3.05) is 11.5 Å². The Morgan fingerprint density at radius 3 is 1.50 bits per heavy atom. The van der Waals surface area contributed by atoms with Gasteiger partial charge in [-0.05, 0) is 25.7 Å². The number of anilines is 2. The summed E-state index contributed by atoms with van der Waals surface area (Å²) in [5, 5.41) is 34.7. The van der Waals surface area contributed by atoms with Crippen LogP contribution < -0.4 is 22.9 Å².